The van der Waals surface area contributed by atoms with E-state index in [1.54, 1.807) is 25.1 Å². The number of amides is 1. The third-order valence-corrected chi connectivity index (χ3v) is 3.27. The number of hydrogen-bond donors (Lipinski definition) is 1. The molecule has 0 radical (unpaired) electrons. The summed E-state index contributed by atoms with van der Waals surface area (Å²) in [6.07, 6.45) is 4.22. The van der Waals surface area contributed by atoms with E-state index in [0.29, 0.717) is 17.3 Å². The molecule has 5 heteroatoms. The van der Waals surface area contributed by atoms with E-state index < -0.39 is 6.10 Å². The van der Waals surface area contributed by atoms with Gasteiger partial charge >= 0.3 is 0 Å². The molecule has 1 atom stereocenters. The third-order valence-electron chi connectivity index (χ3n) is 2.41. The van der Waals surface area contributed by atoms with Gasteiger partial charge in [-0.25, -0.2) is 0 Å². The normalized spacial score (nSPS) is 12.4. The molecule has 1 unspecified atom stereocenters. The number of rotatable bonds is 6. The number of benzene rings is 1. The van der Waals surface area contributed by atoms with Crippen LogP contribution in [0.25, 0.3) is 0 Å². The summed E-state index contributed by atoms with van der Waals surface area (Å²) in [6, 6.07) is 5.18. The summed E-state index contributed by atoms with van der Waals surface area (Å²) in [5.41, 5.74) is 0. The zero-order chi connectivity index (χ0) is 14.3. The largest absolute Gasteiger partial charge is 0.480 e. The Morgan fingerprint density at radius 1 is 1.58 bits per heavy atom. The van der Waals surface area contributed by atoms with Crippen LogP contribution in [-0.2, 0) is 4.79 Å². The lowest BCUT2D eigenvalue weighted by Crippen LogP contribution is -2.36. The van der Waals surface area contributed by atoms with Gasteiger partial charge in [0.1, 0.15) is 5.75 Å². The molecule has 3 nitrogen and oxygen atoms in total. The Balaban J connectivity index is 2.49. The van der Waals surface area contributed by atoms with Crippen LogP contribution in [0.4, 0.5) is 0 Å². The average Bonchev–Trinajstić information content (AvgIpc) is 2.37. The van der Waals surface area contributed by atoms with E-state index in [4.69, 9.17) is 16.3 Å². The lowest BCUT2D eigenvalue weighted by molar-refractivity contribution is -0.127. The van der Waals surface area contributed by atoms with E-state index in [-0.39, 0.29) is 5.91 Å². The molecule has 0 saturated heterocycles. The first kappa shape index (κ1) is 16.1. The second kappa shape index (κ2) is 8.23. The lowest BCUT2D eigenvalue weighted by atomic mass is 10.3. The summed E-state index contributed by atoms with van der Waals surface area (Å²) in [5, 5.41) is 3.43. The Hall–Kier alpha value is -1.000. The van der Waals surface area contributed by atoms with Crippen molar-refractivity contribution >= 4 is 33.4 Å². The standard InChI is InChI=1S/C14H17BrClNO2/c1-3-4-5-8-17-14(18)10(2)19-13-7-6-11(16)9-12(13)15/h3-4,6-7,9-10H,5,8H2,1-2H3,(H,17,18)/b4-3+. The number of carbonyl (C=O) groups excluding carboxylic acids is 1. The van der Waals surface area contributed by atoms with Gasteiger partial charge in [-0.15, -0.1) is 0 Å². The van der Waals surface area contributed by atoms with Crippen molar-refractivity contribution in [3.63, 3.8) is 0 Å². The van der Waals surface area contributed by atoms with Gasteiger partial charge in [0.15, 0.2) is 6.10 Å². The fourth-order valence-electron chi connectivity index (χ4n) is 1.40. The summed E-state index contributed by atoms with van der Waals surface area (Å²) < 4.78 is 6.31. The van der Waals surface area contributed by atoms with Gasteiger partial charge in [0, 0.05) is 11.6 Å². The molecule has 0 aliphatic heterocycles. The molecule has 0 bridgehead atoms. The molecular formula is C14H17BrClNO2. The van der Waals surface area contributed by atoms with Crippen LogP contribution in [0.5, 0.6) is 5.75 Å². The van der Waals surface area contributed by atoms with Crippen LogP contribution >= 0.6 is 27.5 Å². The van der Waals surface area contributed by atoms with E-state index in [0.717, 1.165) is 10.9 Å². The number of hydrogen-bond acceptors (Lipinski definition) is 2. The van der Waals surface area contributed by atoms with E-state index in [9.17, 15) is 4.79 Å². The first-order valence-electron chi connectivity index (χ1n) is 6.05. The number of halogens is 2. The first-order chi connectivity index (χ1) is 9.04. The van der Waals surface area contributed by atoms with Crippen molar-refractivity contribution in [2.24, 2.45) is 0 Å². The van der Waals surface area contributed by atoms with Crippen LogP contribution < -0.4 is 10.1 Å². The molecule has 0 heterocycles. The van der Waals surface area contributed by atoms with Crippen molar-refractivity contribution < 1.29 is 9.53 Å². The molecule has 1 rings (SSSR count). The van der Waals surface area contributed by atoms with Gasteiger partial charge in [-0.1, -0.05) is 23.8 Å². The molecule has 0 aromatic heterocycles. The molecule has 0 aliphatic carbocycles. The van der Waals surface area contributed by atoms with Crippen molar-refractivity contribution in [3.05, 3.63) is 39.8 Å². The molecule has 1 N–H and O–H groups in total. The molecule has 0 aliphatic rings. The van der Waals surface area contributed by atoms with Gasteiger partial charge in [0.25, 0.3) is 5.91 Å². The molecule has 1 amide bonds. The SMILES string of the molecule is C/C=C/CCNC(=O)C(C)Oc1ccc(Cl)cc1Br. The number of ether oxygens (including phenoxy) is 1. The molecule has 0 fully saturated rings. The minimum Gasteiger partial charge on any atom is -0.480 e. The predicted molar refractivity (Wildman–Crippen MR) is 81.7 cm³/mol. The maximum absolute atomic E-state index is 11.8. The van der Waals surface area contributed by atoms with Gasteiger partial charge in [-0.2, -0.15) is 0 Å². The Kier molecular flexibility index (Phi) is 6.95. The second-order valence-corrected chi connectivity index (χ2v) is 5.27. The quantitative estimate of drug-likeness (QED) is 0.625. The second-order valence-electron chi connectivity index (χ2n) is 3.98. The molecule has 1 aromatic carbocycles. The van der Waals surface area contributed by atoms with Crippen molar-refractivity contribution in [1.82, 2.24) is 5.32 Å². The molecule has 19 heavy (non-hydrogen) atoms. The zero-order valence-corrected chi connectivity index (χ0v) is 13.3. The molecule has 0 saturated carbocycles. The van der Waals surface area contributed by atoms with Crippen LogP contribution in [0.2, 0.25) is 5.02 Å². The Bertz CT molecular complexity index is 463. The highest BCUT2D eigenvalue weighted by Crippen LogP contribution is 2.28. The highest BCUT2D eigenvalue weighted by Gasteiger charge is 2.15. The first-order valence-corrected chi connectivity index (χ1v) is 7.22. The molecule has 104 valence electrons. The van der Waals surface area contributed by atoms with Gasteiger partial charge in [-0.3, -0.25) is 4.79 Å². The third kappa shape index (κ3) is 5.66. The molecule has 1 aromatic rings. The van der Waals surface area contributed by atoms with Crippen LogP contribution in [-0.4, -0.2) is 18.6 Å². The molecular weight excluding hydrogens is 330 g/mol. The van der Waals surface area contributed by atoms with Gasteiger partial charge < -0.3 is 10.1 Å². The Labute approximate surface area is 127 Å². The fourth-order valence-corrected chi connectivity index (χ4v) is 2.18. The van der Waals surface area contributed by atoms with E-state index in [1.807, 2.05) is 19.1 Å². The topological polar surface area (TPSA) is 38.3 Å². The highest BCUT2D eigenvalue weighted by molar-refractivity contribution is 9.10. The van der Waals surface area contributed by atoms with Crippen LogP contribution in [0.1, 0.15) is 20.3 Å². The summed E-state index contributed by atoms with van der Waals surface area (Å²) in [5.74, 6) is 0.465. The van der Waals surface area contributed by atoms with Crippen LogP contribution in [0.15, 0.2) is 34.8 Å². The monoisotopic (exact) mass is 345 g/mol. The van der Waals surface area contributed by atoms with E-state index in [1.165, 1.54) is 0 Å². The average molecular weight is 347 g/mol. The van der Waals surface area contributed by atoms with Crippen molar-refractivity contribution in [2.45, 2.75) is 26.4 Å². The highest BCUT2D eigenvalue weighted by atomic mass is 79.9. The minimum atomic E-state index is -0.553. The summed E-state index contributed by atoms with van der Waals surface area (Å²) in [6.45, 7) is 4.27. The summed E-state index contributed by atoms with van der Waals surface area (Å²) in [7, 11) is 0. The van der Waals surface area contributed by atoms with E-state index in [2.05, 4.69) is 21.2 Å². The molecule has 0 spiro atoms. The minimum absolute atomic E-state index is 0.133. The Morgan fingerprint density at radius 2 is 2.32 bits per heavy atom. The van der Waals surface area contributed by atoms with Gasteiger partial charge in [0.2, 0.25) is 0 Å². The Morgan fingerprint density at radius 3 is 2.95 bits per heavy atom. The fraction of sp³-hybridized carbons (Fsp3) is 0.357. The maximum Gasteiger partial charge on any atom is 0.260 e. The van der Waals surface area contributed by atoms with Crippen molar-refractivity contribution in [2.75, 3.05) is 6.54 Å². The number of carbonyl (C=O) groups is 1. The van der Waals surface area contributed by atoms with E-state index >= 15 is 0 Å². The maximum atomic E-state index is 11.8. The van der Waals surface area contributed by atoms with Crippen LogP contribution in [0.3, 0.4) is 0 Å². The summed E-state index contributed by atoms with van der Waals surface area (Å²) >= 11 is 9.19. The van der Waals surface area contributed by atoms with Crippen molar-refractivity contribution in [1.29, 1.82) is 0 Å². The van der Waals surface area contributed by atoms with Gasteiger partial charge in [0.05, 0.1) is 4.47 Å². The number of nitrogens with one attached hydrogen (secondary N) is 1. The number of allylic oxidation sites excluding steroid dienone is 1. The van der Waals surface area contributed by atoms with Gasteiger partial charge in [-0.05, 0) is 54.4 Å². The lowest BCUT2D eigenvalue weighted by Gasteiger charge is -2.15. The smallest absolute Gasteiger partial charge is 0.260 e. The van der Waals surface area contributed by atoms with Crippen molar-refractivity contribution in [3.8, 4) is 5.75 Å². The predicted octanol–water partition coefficient (Wildman–Crippen LogP) is 3.95. The summed E-state index contributed by atoms with van der Waals surface area (Å²) in [4.78, 5) is 11.8. The zero-order valence-electron chi connectivity index (χ0n) is 11.0. The van der Waals surface area contributed by atoms with Crippen LogP contribution in [0, 0.1) is 0 Å².